The van der Waals surface area contributed by atoms with Crippen molar-refractivity contribution in [3.05, 3.63) is 91.7 Å². The second kappa shape index (κ2) is 14.6. The van der Waals surface area contributed by atoms with Gasteiger partial charge in [-0.15, -0.1) is 33.5 Å². The molecule has 1 heterocycles. The van der Waals surface area contributed by atoms with E-state index in [-0.39, 0.29) is 0 Å². The van der Waals surface area contributed by atoms with Gasteiger partial charge in [-0.1, -0.05) is 126 Å². The van der Waals surface area contributed by atoms with Crippen LogP contribution in [-0.4, -0.2) is 32.3 Å². The van der Waals surface area contributed by atoms with Crippen LogP contribution in [0.25, 0.3) is 0 Å². The van der Waals surface area contributed by atoms with Crippen LogP contribution in [0.5, 0.6) is 0 Å². The van der Waals surface area contributed by atoms with Crippen molar-refractivity contribution in [2.24, 2.45) is 0 Å². The Kier molecular flexibility index (Phi) is 11.7. The lowest BCUT2D eigenvalue weighted by molar-refractivity contribution is 1.56. The molecule has 0 aliphatic carbocycles. The second-order valence-electron chi connectivity index (χ2n) is 15.3. The Morgan fingerprint density at radius 2 is 0.556 bits per heavy atom. The normalized spacial score (nSPS) is 10.9. The van der Waals surface area contributed by atoms with E-state index in [9.17, 15) is 0 Å². The maximum atomic E-state index is 3.48. The Balaban J connectivity index is 1.95. The third-order valence-corrected chi connectivity index (χ3v) is 9.88. The number of rotatable bonds is 0. The summed E-state index contributed by atoms with van der Waals surface area (Å²) < 4.78 is 0. The molecule has 3 rings (SSSR count). The first kappa shape index (κ1) is 35.8. The van der Waals surface area contributed by atoms with Crippen molar-refractivity contribution >= 4 is 43.6 Å². The van der Waals surface area contributed by atoms with Crippen molar-refractivity contribution in [3.8, 4) is 69.5 Å². The standard InChI is InChI=1S/C40H44SSi4/c1-42(2,3)23-19-35-27-33(28-36(31-35)20-24-43(4,5)6)13-15-39-17-18-40(41-39)16-14-34-29-37(21-25-44(7,8)9)32-38(30-34)22-26-45(10,11)12/h17-18,27-32H,1-12H3. The fourth-order valence-corrected chi connectivity index (χ4v) is 6.26. The second-order valence-corrected chi connectivity index (χ2v) is 35.3. The van der Waals surface area contributed by atoms with Gasteiger partial charge in [-0.25, -0.2) is 0 Å². The molecule has 0 atom stereocenters. The zero-order valence-corrected chi connectivity index (χ0v) is 33.8. The molecule has 0 aliphatic rings. The minimum absolute atomic E-state index is 0.932. The molecule has 0 radical (unpaired) electrons. The van der Waals surface area contributed by atoms with Gasteiger partial charge in [0.2, 0.25) is 0 Å². The van der Waals surface area contributed by atoms with Crippen molar-refractivity contribution in [1.82, 2.24) is 0 Å². The van der Waals surface area contributed by atoms with E-state index >= 15 is 0 Å². The molecule has 0 saturated carbocycles. The SMILES string of the molecule is C[Si](C)(C)C#Cc1cc(C#Cc2ccc(C#Cc3cc(C#C[Si](C)(C)C)cc(C#C[Si](C)(C)C)c3)s2)cc(C#C[Si](C)(C)C)c1. The highest BCUT2D eigenvalue weighted by Gasteiger charge is 2.10. The molecule has 226 valence electrons. The van der Waals surface area contributed by atoms with Gasteiger partial charge in [0.15, 0.2) is 0 Å². The summed E-state index contributed by atoms with van der Waals surface area (Å²) in [6, 6.07) is 16.6. The molecule has 0 fully saturated rings. The van der Waals surface area contributed by atoms with Gasteiger partial charge in [-0.05, 0) is 48.5 Å². The maximum Gasteiger partial charge on any atom is 0.129 e. The van der Waals surface area contributed by atoms with Gasteiger partial charge in [-0.3, -0.25) is 0 Å². The lowest BCUT2D eigenvalue weighted by Crippen LogP contribution is -2.16. The molecule has 0 nitrogen and oxygen atoms in total. The predicted molar refractivity (Wildman–Crippen MR) is 210 cm³/mol. The van der Waals surface area contributed by atoms with E-state index in [2.05, 4.69) is 185 Å². The third-order valence-electron chi connectivity index (χ3n) is 5.46. The van der Waals surface area contributed by atoms with E-state index in [1.165, 1.54) is 0 Å². The Morgan fingerprint density at radius 1 is 0.333 bits per heavy atom. The van der Waals surface area contributed by atoms with Gasteiger partial charge in [0, 0.05) is 33.4 Å². The van der Waals surface area contributed by atoms with Gasteiger partial charge in [-0.2, -0.15) is 0 Å². The lowest BCUT2D eigenvalue weighted by Gasteiger charge is -2.05. The largest absolute Gasteiger partial charge is 0.129 e. The Bertz CT molecular complexity index is 1720. The molecule has 3 aromatic rings. The molecule has 0 saturated heterocycles. The van der Waals surface area contributed by atoms with Crippen molar-refractivity contribution in [1.29, 1.82) is 0 Å². The molecule has 0 unspecified atom stereocenters. The minimum atomic E-state index is -1.50. The molecule has 0 N–H and O–H groups in total. The lowest BCUT2D eigenvalue weighted by atomic mass is 10.1. The summed E-state index contributed by atoms with van der Waals surface area (Å²) in [4.78, 5) is 1.95. The molecule has 1 aromatic heterocycles. The van der Waals surface area contributed by atoms with E-state index < -0.39 is 32.3 Å². The third kappa shape index (κ3) is 14.8. The van der Waals surface area contributed by atoms with Crippen molar-refractivity contribution in [2.75, 3.05) is 0 Å². The highest BCUT2D eigenvalue weighted by Crippen LogP contribution is 2.17. The zero-order chi connectivity index (χ0) is 33.5. The van der Waals surface area contributed by atoms with Crippen LogP contribution < -0.4 is 0 Å². The van der Waals surface area contributed by atoms with Crippen LogP contribution in [0.2, 0.25) is 78.6 Å². The van der Waals surface area contributed by atoms with Crippen LogP contribution in [-0.2, 0) is 0 Å². The number of hydrogen-bond acceptors (Lipinski definition) is 1. The molecular formula is C40H44SSi4. The molecule has 0 bridgehead atoms. The topological polar surface area (TPSA) is 0 Å². The zero-order valence-electron chi connectivity index (χ0n) is 29.0. The van der Waals surface area contributed by atoms with Crippen molar-refractivity contribution < 1.29 is 0 Å². The van der Waals surface area contributed by atoms with E-state index in [1.54, 1.807) is 11.3 Å². The van der Waals surface area contributed by atoms with Crippen molar-refractivity contribution in [3.63, 3.8) is 0 Å². The number of thiophene rings is 1. The summed E-state index contributed by atoms with van der Waals surface area (Å²) in [6.45, 7) is 27.1. The van der Waals surface area contributed by atoms with Crippen LogP contribution in [0.3, 0.4) is 0 Å². The van der Waals surface area contributed by atoms with Gasteiger partial charge in [0.1, 0.15) is 32.3 Å². The van der Waals surface area contributed by atoms with Gasteiger partial charge >= 0.3 is 0 Å². The van der Waals surface area contributed by atoms with E-state index in [4.69, 9.17) is 0 Å². The highest BCUT2D eigenvalue weighted by atomic mass is 32.1. The number of benzene rings is 2. The van der Waals surface area contributed by atoms with Gasteiger partial charge in [0.25, 0.3) is 0 Å². The first-order chi connectivity index (χ1) is 20.7. The van der Waals surface area contributed by atoms with E-state index in [1.807, 2.05) is 12.1 Å². The number of hydrogen-bond donors (Lipinski definition) is 0. The predicted octanol–water partition coefficient (Wildman–Crippen LogP) is 9.46. The maximum absolute atomic E-state index is 3.48. The fraction of sp³-hybridized carbons (Fsp3) is 0.300. The van der Waals surface area contributed by atoms with Crippen LogP contribution in [0.4, 0.5) is 0 Å². The van der Waals surface area contributed by atoms with Crippen LogP contribution >= 0.6 is 11.3 Å². The average Bonchev–Trinajstić information content (AvgIpc) is 3.37. The summed E-state index contributed by atoms with van der Waals surface area (Å²) in [5.41, 5.74) is 19.7. The molecule has 45 heavy (non-hydrogen) atoms. The highest BCUT2D eigenvalue weighted by molar-refractivity contribution is 7.13. The van der Waals surface area contributed by atoms with Crippen LogP contribution in [0.1, 0.15) is 43.1 Å². The minimum Gasteiger partial charge on any atom is -0.127 e. The first-order valence-electron chi connectivity index (χ1n) is 15.3. The molecule has 2 aromatic carbocycles. The quantitative estimate of drug-likeness (QED) is 0.165. The summed E-state index contributed by atoms with van der Waals surface area (Å²) >= 11 is 1.61. The Labute approximate surface area is 281 Å². The Hall–Kier alpha value is -3.63. The van der Waals surface area contributed by atoms with Gasteiger partial charge in [0.05, 0.1) is 9.75 Å². The smallest absolute Gasteiger partial charge is 0.127 e. The van der Waals surface area contributed by atoms with Crippen molar-refractivity contribution in [2.45, 2.75) is 78.6 Å². The van der Waals surface area contributed by atoms with Gasteiger partial charge < -0.3 is 0 Å². The summed E-state index contributed by atoms with van der Waals surface area (Å²) in [6.07, 6.45) is 0. The molecular weight excluding hydrogens is 625 g/mol. The average molecular weight is 669 g/mol. The van der Waals surface area contributed by atoms with E-state index in [0.29, 0.717) is 0 Å². The Morgan fingerprint density at radius 3 is 0.778 bits per heavy atom. The monoisotopic (exact) mass is 668 g/mol. The summed E-state index contributed by atoms with van der Waals surface area (Å²) in [7, 11) is -6.01. The summed E-state index contributed by atoms with van der Waals surface area (Å²) in [5.74, 6) is 27.0. The van der Waals surface area contributed by atoms with Crippen LogP contribution in [0.15, 0.2) is 48.5 Å². The molecule has 5 heteroatoms. The molecule has 0 aliphatic heterocycles. The molecule has 0 spiro atoms. The van der Waals surface area contributed by atoms with E-state index in [0.717, 1.165) is 43.1 Å². The fourth-order valence-electron chi connectivity index (χ4n) is 3.47. The molecule has 0 amide bonds. The van der Waals surface area contributed by atoms with Crippen LogP contribution in [0, 0.1) is 69.5 Å². The first-order valence-corrected chi connectivity index (χ1v) is 30.1. The summed E-state index contributed by atoms with van der Waals surface area (Å²) in [5, 5.41) is 0.